The second kappa shape index (κ2) is 10.3. The first kappa shape index (κ1) is 25.4. The smallest absolute Gasteiger partial charge is 0.252 e. The molecule has 0 atom stereocenters. The zero-order chi connectivity index (χ0) is 27.0. The Morgan fingerprint density at radius 2 is 1.95 bits per heavy atom. The molecule has 0 aromatic carbocycles. The zero-order valence-electron chi connectivity index (χ0n) is 22.6. The molecule has 0 saturated carbocycles. The lowest BCUT2D eigenvalue weighted by Gasteiger charge is -2.47. The van der Waals surface area contributed by atoms with Gasteiger partial charge in [-0.25, -0.2) is 14.6 Å². The summed E-state index contributed by atoms with van der Waals surface area (Å²) in [6, 6.07) is 1.82. The molecule has 2 fully saturated rings. The van der Waals surface area contributed by atoms with Crippen molar-refractivity contribution in [2.24, 2.45) is 19.5 Å². The number of carbonyl (C=O) groups excluding carboxylic acids is 1. The van der Waals surface area contributed by atoms with Gasteiger partial charge in [0.05, 0.1) is 41.7 Å². The first-order valence-corrected chi connectivity index (χ1v) is 13.4. The second-order valence-electron chi connectivity index (χ2n) is 10.8. The predicted octanol–water partition coefficient (Wildman–Crippen LogP) is 1.98. The van der Waals surface area contributed by atoms with Gasteiger partial charge in [-0.05, 0) is 44.5 Å². The number of pyridine rings is 1. The number of carbonyl (C=O) groups is 1. The van der Waals surface area contributed by atoms with Crippen LogP contribution < -0.4 is 10.6 Å². The molecule has 2 aliphatic rings. The molecule has 12 heteroatoms. The first-order valence-electron chi connectivity index (χ1n) is 13.4. The average Bonchev–Trinajstić information content (AvgIpc) is 3.46. The fourth-order valence-corrected chi connectivity index (χ4v) is 5.27. The minimum absolute atomic E-state index is 0.138. The minimum Gasteiger partial charge on any atom is -0.380 e. The van der Waals surface area contributed by atoms with E-state index in [0.29, 0.717) is 41.3 Å². The zero-order valence-corrected chi connectivity index (χ0v) is 22.6. The highest BCUT2D eigenvalue weighted by Crippen LogP contribution is 2.38. The Bertz CT molecular complexity index is 1500. The Morgan fingerprint density at radius 1 is 1.13 bits per heavy atom. The number of rotatable bonds is 8. The van der Waals surface area contributed by atoms with Gasteiger partial charge in [0.15, 0.2) is 11.5 Å². The normalized spacial score (nSPS) is 16.9. The number of ether oxygens (including phenoxy) is 1. The monoisotopic (exact) mass is 530 g/mol. The molecule has 1 spiro atoms. The summed E-state index contributed by atoms with van der Waals surface area (Å²) in [5, 5.41) is 16.0. The fraction of sp³-hybridized carbons (Fsp3) is 0.481. The Kier molecular flexibility index (Phi) is 6.73. The van der Waals surface area contributed by atoms with Gasteiger partial charge in [0.25, 0.3) is 5.91 Å². The largest absolute Gasteiger partial charge is 0.380 e. The molecular weight excluding hydrogens is 496 g/mol. The number of hydrogen-bond donors (Lipinski definition) is 2. The molecule has 2 saturated heterocycles. The SMILES string of the molecule is Cc1ncc(C(=O)NCCN2CCC3(CC2)COC3)cc1Nc1nn(C)c2nc(Cc3cnn(C)c3)ncc12. The third-order valence-electron chi connectivity index (χ3n) is 7.80. The van der Waals surface area contributed by atoms with E-state index < -0.39 is 0 Å². The van der Waals surface area contributed by atoms with E-state index in [9.17, 15) is 4.79 Å². The number of aromatic nitrogens is 7. The van der Waals surface area contributed by atoms with Gasteiger partial charge in [0.1, 0.15) is 5.82 Å². The van der Waals surface area contributed by atoms with Crippen molar-refractivity contribution in [2.45, 2.75) is 26.2 Å². The van der Waals surface area contributed by atoms with Crippen LogP contribution in [0.5, 0.6) is 0 Å². The van der Waals surface area contributed by atoms with Gasteiger partial charge < -0.3 is 20.3 Å². The standard InChI is InChI=1S/C27H34N10O2/c1-18-22(11-20(13-29-18)26(38)28-6-9-37-7-4-27(5-8-37)16-39-17-27)32-24-21-14-30-23(33-25(21)36(3)34-24)10-19-12-31-35(2)15-19/h11-15H,4-10,16-17H2,1-3H3,(H,28,38)(H,32,34). The van der Waals surface area contributed by atoms with Crippen molar-refractivity contribution in [1.82, 2.24) is 44.7 Å². The molecule has 4 aromatic rings. The summed E-state index contributed by atoms with van der Waals surface area (Å²) in [4.78, 5) is 29.1. The molecule has 1 amide bonds. The molecule has 2 N–H and O–H groups in total. The van der Waals surface area contributed by atoms with Crippen molar-refractivity contribution in [3.63, 3.8) is 0 Å². The van der Waals surface area contributed by atoms with Crippen LogP contribution in [0.1, 0.15) is 40.3 Å². The Balaban J connectivity index is 1.10. The van der Waals surface area contributed by atoms with Crippen LogP contribution in [0.3, 0.4) is 0 Å². The quantitative estimate of drug-likeness (QED) is 0.351. The molecule has 39 heavy (non-hydrogen) atoms. The van der Waals surface area contributed by atoms with E-state index in [1.165, 1.54) is 12.8 Å². The van der Waals surface area contributed by atoms with Crippen LogP contribution in [0.4, 0.5) is 11.5 Å². The highest BCUT2D eigenvalue weighted by atomic mass is 16.5. The van der Waals surface area contributed by atoms with Crippen LogP contribution in [0.25, 0.3) is 11.0 Å². The van der Waals surface area contributed by atoms with Gasteiger partial charge in [-0.3, -0.25) is 14.5 Å². The van der Waals surface area contributed by atoms with Crippen LogP contribution in [0, 0.1) is 12.3 Å². The highest BCUT2D eigenvalue weighted by molar-refractivity contribution is 5.95. The van der Waals surface area contributed by atoms with Crippen LogP contribution in [-0.2, 0) is 25.3 Å². The molecule has 204 valence electrons. The van der Waals surface area contributed by atoms with E-state index in [1.54, 1.807) is 21.8 Å². The molecule has 0 unspecified atom stereocenters. The topological polar surface area (TPSA) is 128 Å². The number of nitrogens with zero attached hydrogens (tertiary/aromatic N) is 8. The van der Waals surface area contributed by atoms with Crippen LogP contribution in [0.2, 0.25) is 0 Å². The van der Waals surface area contributed by atoms with E-state index in [0.717, 1.165) is 55.1 Å². The van der Waals surface area contributed by atoms with Crippen molar-refractivity contribution in [3.8, 4) is 0 Å². The van der Waals surface area contributed by atoms with Crippen LogP contribution >= 0.6 is 0 Å². The molecular formula is C27H34N10O2. The van der Waals surface area contributed by atoms with Gasteiger partial charge in [-0.1, -0.05) is 0 Å². The summed E-state index contributed by atoms with van der Waals surface area (Å²) >= 11 is 0. The lowest BCUT2D eigenvalue weighted by atomic mass is 9.77. The predicted molar refractivity (Wildman–Crippen MR) is 146 cm³/mol. The molecule has 0 aliphatic carbocycles. The number of nitrogens with one attached hydrogen (secondary N) is 2. The lowest BCUT2D eigenvalue weighted by Crippen LogP contribution is -2.51. The Morgan fingerprint density at radius 3 is 2.67 bits per heavy atom. The van der Waals surface area contributed by atoms with Crippen molar-refractivity contribution in [2.75, 3.05) is 44.7 Å². The van der Waals surface area contributed by atoms with E-state index in [2.05, 4.69) is 35.7 Å². The summed E-state index contributed by atoms with van der Waals surface area (Å²) in [7, 11) is 3.74. The molecule has 0 bridgehead atoms. The van der Waals surface area contributed by atoms with E-state index in [-0.39, 0.29) is 5.91 Å². The number of amides is 1. The van der Waals surface area contributed by atoms with E-state index >= 15 is 0 Å². The molecule has 6 rings (SSSR count). The van der Waals surface area contributed by atoms with Crippen molar-refractivity contribution in [1.29, 1.82) is 0 Å². The Labute approximate surface area is 226 Å². The average molecular weight is 531 g/mol. The number of likely N-dealkylation sites (tertiary alicyclic amines) is 1. The maximum Gasteiger partial charge on any atom is 0.252 e. The second-order valence-corrected chi connectivity index (χ2v) is 10.8. The number of anilines is 2. The summed E-state index contributed by atoms with van der Waals surface area (Å²) in [5.41, 5.74) is 4.17. The third kappa shape index (κ3) is 5.34. The highest BCUT2D eigenvalue weighted by Gasteiger charge is 2.40. The van der Waals surface area contributed by atoms with E-state index in [4.69, 9.17) is 9.72 Å². The summed E-state index contributed by atoms with van der Waals surface area (Å²) in [5.74, 6) is 1.17. The molecule has 6 heterocycles. The van der Waals surface area contributed by atoms with Gasteiger partial charge in [-0.2, -0.15) is 10.2 Å². The van der Waals surface area contributed by atoms with Crippen LogP contribution in [0.15, 0.2) is 30.9 Å². The minimum atomic E-state index is -0.138. The third-order valence-corrected chi connectivity index (χ3v) is 7.80. The van der Waals surface area contributed by atoms with Crippen molar-refractivity contribution < 1.29 is 9.53 Å². The molecule has 12 nitrogen and oxygen atoms in total. The van der Waals surface area contributed by atoms with Crippen molar-refractivity contribution in [3.05, 3.63) is 53.5 Å². The molecule has 2 aliphatic heterocycles. The lowest BCUT2D eigenvalue weighted by molar-refractivity contribution is -0.139. The number of aryl methyl sites for hydroxylation is 3. The fourth-order valence-electron chi connectivity index (χ4n) is 5.27. The van der Waals surface area contributed by atoms with Crippen molar-refractivity contribution >= 4 is 28.4 Å². The summed E-state index contributed by atoms with van der Waals surface area (Å²) in [6.07, 6.45) is 10.1. The Hall–Kier alpha value is -3.90. The number of fused-ring (bicyclic) bond motifs is 1. The number of hydrogen-bond acceptors (Lipinski definition) is 9. The van der Waals surface area contributed by atoms with E-state index in [1.807, 2.05) is 39.5 Å². The maximum atomic E-state index is 12.9. The van der Waals surface area contributed by atoms with Gasteiger partial charge in [0.2, 0.25) is 0 Å². The number of piperidine rings is 1. The van der Waals surface area contributed by atoms with Gasteiger partial charge in [0, 0.05) is 57.6 Å². The maximum absolute atomic E-state index is 12.9. The molecule has 4 aromatic heterocycles. The molecule has 0 radical (unpaired) electrons. The van der Waals surface area contributed by atoms with Crippen LogP contribution in [-0.4, -0.2) is 84.7 Å². The summed E-state index contributed by atoms with van der Waals surface area (Å²) in [6.45, 7) is 7.27. The van der Waals surface area contributed by atoms with Gasteiger partial charge in [-0.15, -0.1) is 0 Å². The summed E-state index contributed by atoms with van der Waals surface area (Å²) < 4.78 is 8.91. The van der Waals surface area contributed by atoms with Gasteiger partial charge >= 0.3 is 0 Å². The first-order chi connectivity index (χ1) is 18.9.